The summed E-state index contributed by atoms with van der Waals surface area (Å²) < 4.78 is 1.30. The third-order valence-electron chi connectivity index (χ3n) is 4.93. The van der Waals surface area contributed by atoms with Crippen molar-refractivity contribution in [3.63, 3.8) is 0 Å². The van der Waals surface area contributed by atoms with Crippen molar-refractivity contribution in [3.8, 4) is 6.07 Å². The van der Waals surface area contributed by atoms with Gasteiger partial charge in [-0.1, -0.05) is 30.3 Å². The molecule has 0 radical (unpaired) electrons. The first kappa shape index (κ1) is 15.3. The summed E-state index contributed by atoms with van der Waals surface area (Å²) in [6.07, 6.45) is 2.37. The van der Waals surface area contributed by atoms with Gasteiger partial charge in [0.25, 0.3) is 0 Å². The van der Waals surface area contributed by atoms with Gasteiger partial charge in [-0.05, 0) is 18.2 Å². The zero-order chi connectivity index (χ0) is 16.4. The van der Waals surface area contributed by atoms with Gasteiger partial charge < -0.3 is 4.90 Å². The zero-order valence-electron chi connectivity index (χ0n) is 13.5. The average molecular weight is 334 g/mol. The van der Waals surface area contributed by atoms with E-state index in [1.165, 1.54) is 28.1 Å². The molecule has 1 fully saturated rings. The van der Waals surface area contributed by atoms with E-state index in [1.54, 1.807) is 4.90 Å². The smallest absolute Gasteiger partial charge is 0.104 e. The topological polar surface area (TPSA) is 41.1 Å². The lowest BCUT2D eigenvalue weighted by Gasteiger charge is -2.28. The zero-order valence-corrected chi connectivity index (χ0v) is 14.4. The number of rotatable bonds is 3. The number of piperidine rings is 1. The third kappa shape index (κ3) is 3.06. The second-order valence-electron chi connectivity index (χ2n) is 6.49. The van der Waals surface area contributed by atoms with Crippen molar-refractivity contribution >= 4 is 21.6 Å². The lowest BCUT2D eigenvalue weighted by atomic mass is 9.96. The summed E-state index contributed by atoms with van der Waals surface area (Å²) in [6.45, 7) is 3.26. The number of benzene rings is 2. The molecule has 1 aliphatic heterocycles. The number of nitrogens with zero attached hydrogens (tertiary/aromatic N) is 2. The number of nitrogens with one attached hydrogen (secondary N) is 1. The highest BCUT2D eigenvalue weighted by Crippen LogP contribution is 2.31. The Balaban J connectivity index is 1.42. The molecule has 0 saturated carbocycles. The van der Waals surface area contributed by atoms with Gasteiger partial charge in [0.1, 0.15) is 6.54 Å². The standard InChI is InChI=1S/C20H19N3S/c21-13-16-5-1-2-6-17(16)14-23-11-9-15(10-12-23)20-22-18-7-3-4-8-19(18)24-20/h1-8,15H,9-12,14H2/p+1. The van der Waals surface area contributed by atoms with Gasteiger partial charge in [-0.25, -0.2) is 4.98 Å². The maximum atomic E-state index is 9.24. The van der Waals surface area contributed by atoms with E-state index in [-0.39, 0.29) is 0 Å². The highest BCUT2D eigenvalue weighted by atomic mass is 32.1. The Morgan fingerprint density at radius 1 is 1.08 bits per heavy atom. The van der Waals surface area contributed by atoms with Crippen LogP contribution in [0.2, 0.25) is 0 Å². The van der Waals surface area contributed by atoms with Crippen LogP contribution in [0.4, 0.5) is 0 Å². The molecule has 2 aromatic carbocycles. The molecule has 0 unspecified atom stereocenters. The minimum Gasteiger partial charge on any atom is -0.331 e. The van der Waals surface area contributed by atoms with E-state index in [1.807, 2.05) is 29.5 Å². The van der Waals surface area contributed by atoms with Crippen LogP contribution in [0, 0.1) is 11.3 Å². The summed E-state index contributed by atoms with van der Waals surface area (Å²) in [6, 6.07) is 18.7. The lowest BCUT2D eigenvalue weighted by molar-refractivity contribution is -0.919. The highest BCUT2D eigenvalue weighted by molar-refractivity contribution is 7.18. The lowest BCUT2D eigenvalue weighted by Crippen LogP contribution is -3.11. The minimum absolute atomic E-state index is 0.595. The number of hydrogen-bond donors (Lipinski definition) is 1. The normalized spacial score (nSPS) is 20.8. The SMILES string of the molecule is N#Cc1ccccc1C[NH+]1CCC(c2nc3ccccc3s2)CC1. The van der Waals surface area contributed by atoms with Gasteiger partial charge in [0, 0.05) is 24.3 Å². The Hall–Kier alpha value is -2.22. The molecule has 1 N–H and O–H groups in total. The number of para-hydroxylation sites is 1. The predicted molar refractivity (Wildman–Crippen MR) is 97.2 cm³/mol. The van der Waals surface area contributed by atoms with Crippen molar-refractivity contribution in [1.82, 2.24) is 4.98 Å². The monoisotopic (exact) mass is 334 g/mol. The van der Waals surface area contributed by atoms with Crippen molar-refractivity contribution in [2.75, 3.05) is 13.1 Å². The van der Waals surface area contributed by atoms with E-state index in [0.29, 0.717) is 5.92 Å². The minimum atomic E-state index is 0.595. The fourth-order valence-corrected chi connectivity index (χ4v) is 4.70. The maximum Gasteiger partial charge on any atom is 0.104 e. The van der Waals surface area contributed by atoms with Crippen molar-refractivity contribution in [1.29, 1.82) is 5.26 Å². The number of quaternary nitrogens is 1. The molecule has 4 rings (SSSR count). The Morgan fingerprint density at radius 3 is 2.62 bits per heavy atom. The number of aromatic nitrogens is 1. The van der Waals surface area contributed by atoms with Crippen LogP contribution in [0.5, 0.6) is 0 Å². The van der Waals surface area contributed by atoms with Crippen LogP contribution >= 0.6 is 11.3 Å². The molecule has 4 heteroatoms. The first-order chi connectivity index (χ1) is 11.8. The summed E-state index contributed by atoms with van der Waals surface area (Å²) in [5.74, 6) is 0.595. The van der Waals surface area contributed by atoms with E-state index in [0.717, 1.165) is 30.7 Å². The molecule has 2 heterocycles. The summed E-state index contributed by atoms with van der Waals surface area (Å²) in [4.78, 5) is 6.42. The van der Waals surface area contributed by atoms with Crippen molar-refractivity contribution in [3.05, 3.63) is 64.7 Å². The fraction of sp³-hybridized carbons (Fsp3) is 0.300. The Kier molecular flexibility index (Phi) is 4.29. The van der Waals surface area contributed by atoms with Crippen LogP contribution < -0.4 is 4.90 Å². The van der Waals surface area contributed by atoms with E-state index < -0.39 is 0 Å². The molecule has 0 spiro atoms. The van der Waals surface area contributed by atoms with Gasteiger partial charge in [0.15, 0.2) is 0 Å². The van der Waals surface area contributed by atoms with Crippen LogP contribution in [-0.4, -0.2) is 18.1 Å². The molecular weight excluding hydrogens is 314 g/mol. The summed E-state index contributed by atoms with van der Waals surface area (Å²) in [7, 11) is 0. The second-order valence-corrected chi connectivity index (χ2v) is 7.55. The van der Waals surface area contributed by atoms with E-state index in [2.05, 4.69) is 36.4 Å². The molecule has 1 aromatic heterocycles. The molecule has 1 aliphatic rings. The summed E-state index contributed by atoms with van der Waals surface area (Å²) >= 11 is 1.85. The third-order valence-corrected chi connectivity index (χ3v) is 6.13. The number of thiazole rings is 1. The van der Waals surface area contributed by atoms with E-state index in [9.17, 15) is 5.26 Å². The molecule has 3 aromatic rings. The van der Waals surface area contributed by atoms with Crippen LogP contribution in [0.25, 0.3) is 10.2 Å². The van der Waals surface area contributed by atoms with Crippen LogP contribution in [-0.2, 0) is 6.54 Å². The Labute approximate surface area is 146 Å². The second kappa shape index (κ2) is 6.72. The molecule has 120 valence electrons. The molecule has 0 aliphatic carbocycles. The molecule has 24 heavy (non-hydrogen) atoms. The molecule has 0 bridgehead atoms. The number of nitriles is 1. The summed E-state index contributed by atoms with van der Waals surface area (Å²) in [5.41, 5.74) is 3.13. The first-order valence-electron chi connectivity index (χ1n) is 8.50. The van der Waals surface area contributed by atoms with Gasteiger partial charge in [-0.2, -0.15) is 5.26 Å². The maximum absolute atomic E-state index is 9.24. The number of likely N-dealkylation sites (tertiary alicyclic amines) is 1. The highest BCUT2D eigenvalue weighted by Gasteiger charge is 2.26. The van der Waals surface area contributed by atoms with Crippen LogP contribution in [0.15, 0.2) is 48.5 Å². The molecule has 3 nitrogen and oxygen atoms in total. The quantitative estimate of drug-likeness (QED) is 0.799. The van der Waals surface area contributed by atoms with Crippen LogP contribution in [0.1, 0.15) is 34.9 Å². The molecular formula is C20H20N3S+. The van der Waals surface area contributed by atoms with Gasteiger partial charge in [-0.15, -0.1) is 11.3 Å². The van der Waals surface area contributed by atoms with Crippen LogP contribution in [0.3, 0.4) is 0 Å². The van der Waals surface area contributed by atoms with Gasteiger partial charge >= 0.3 is 0 Å². The van der Waals surface area contributed by atoms with Crippen molar-refractivity contribution in [2.24, 2.45) is 0 Å². The average Bonchev–Trinajstić information content (AvgIpc) is 3.07. The number of hydrogen-bond acceptors (Lipinski definition) is 3. The molecule has 1 saturated heterocycles. The van der Waals surface area contributed by atoms with Crippen molar-refractivity contribution in [2.45, 2.75) is 25.3 Å². The summed E-state index contributed by atoms with van der Waals surface area (Å²) in [5, 5.41) is 10.5. The van der Waals surface area contributed by atoms with E-state index in [4.69, 9.17) is 4.98 Å². The van der Waals surface area contributed by atoms with Crippen molar-refractivity contribution < 1.29 is 4.90 Å². The predicted octanol–water partition coefficient (Wildman–Crippen LogP) is 3.13. The van der Waals surface area contributed by atoms with Gasteiger partial charge in [0.2, 0.25) is 0 Å². The fourth-order valence-electron chi connectivity index (χ4n) is 3.57. The van der Waals surface area contributed by atoms with E-state index >= 15 is 0 Å². The van der Waals surface area contributed by atoms with Gasteiger partial charge in [0.05, 0.1) is 39.9 Å². The Morgan fingerprint density at radius 2 is 1.83 bits per heavy atom. The molecule has 0 amide bonds. The largest absolute Gasteiger partial charge is 0.331 e. The molecule has 0 atom stereocenters. The Bertz CT molecular complexity index is 852. The number of fused-ring (bicyclic) bond motifs is 1. The van der Waals surface area contributed by atoms with Gasteiger partial charge in [-0.3, -0.25) is 0 Å². The first-order valence-corrected chi connectivity index (χ1v) is 9.32.